The van der Waals surface area contributed by atoms with Crippen LogP contribution >= 0.6 is 0 Å². The summed E-state index contributed by atoms with van der Waals surface area (Å²) in [4.78, 5) is 42.2. The van der Waals surface area contributed by atoms with Crippen LogP contribution in [0.5, 0.6) is 0 Å². The van der Waals surface area contributed by atoms with Crippen molar-refractivity contribution in [1.82, 2.24) is 28.7 Å². The molecule has 0 saturated carbocycles. The Hall–Kier alpha value is -3.96. The summed E-state index contributed by atoms with van der Waals surface area (Å²) in [6, 6.07) is 4.71. The van der Waals surface area contributed by atoms with Gasteiger partial charge in [-0.25, -0.2) is 14.4 Å². The van der Waals surface area contributed by atoms with Gasteiger partial charge in [0.05, 0.1) is 0 Å². The number of nitrogen functional groups attached to an aromatic ring is 3. The van der Waals surface area contributed by atoms with Gasteiger partial charge in [-0.1, -0.05) is 0 Å². The standard InChI is InChI=1S/3C5H7N3O/c3*1-8-3-2-4(6)7-5(8)9/h3*2-3H,1H3,(H2,6,7,9). The zero-order chi connectivity index (χ0) is 20.6. The minimum atomic E-state index is -0.324. The maximum Gasteiger partial charge on any atom is 0.349 e. The molecular weight excluding hydrogens is 354 g/mol. The van der Waals surface area contributed by atoms with Crippen molar-refractivity contribution in [2.24, 2.45) is 21.1 Å². The third-order valence-electron chi connectivity index (χ3n) is 2.99. The van der Waals surface area contributed by atoms with Gasteiger partial charge in [0.2, 0.25) is 0 Å². The summed E-state index contributed by atoms with van der Waals surface area (Å²) in [5, 5.41) is 0. The molecule has 3 aromatic rings. The van der Waals surface area contributed by atoms with Crippen LogP contribution in [-0.4, -0.2) is 28.7 Å². The minimum Gasteiger partial charge on any atom is -0.383 e. The number of rotatable bonds is 0. The predicted octanol–water partition coefficient (Wildman–Crippen LogP) is -1.91. The van der Waals surface area contributed by atoms with Gasteiger partial charge in [0.1, 0.15) is 17.5 Å². The lowest BCUT2D eigenvalue weighted by Crippen LogP contribution is -2.19. The molecule has 12 heteroatoms. The predicted molar refractivity (Wildman–Crippen MR) is 102 cm³/mol. The maximum absolute atomic E-state index is 10.6. The fourth-order valence-corrected chi connectivity index (χ4v) is 1.44. The van der Waals surface area contributed by atoms with Gasteiger partial charge in [-0.15, -0.1) is 0 Å². The lowest BCUT2D eigenvalue weighted by Gasteiger charge is -1.92. The van der Waals surface area contributed by atoms with Crippen LogP contribution in [0.2, 0.25) is 0 Å². The van der Waals surface area contributed by atoms with Crippen molar-refractivity contribution in [3.63, 3.8) is 0 Å². The first kappa shape index (κ1) is 21.1. The van der Waals surface area contributed by atoms with Crippen LogP contribution < -0.4 is 34.3 Å². The largest absolute Gasteiger partial charge is 0.383 e. The quantitative estimate of drug-likeness (QED) is 0.403. The molecule has 0 aromatic carbocycles. The number of anilines is 3. The summed E-state index contributed by atoms with van der Waals surface area (Å²) in [5.41, 5.74) is 14.6. The second-order valence-corrected chi connectivity index (χ2v) is 5.24. The average molecular weight is 375 g/mol. The molecule has 144 valence electrons. The smallest absolute Gasteiger partial charge is 0.349 e. The van der Waals surface area contributed by atoms with Gasteiger partial charge in [-0.2, -0.15) is 15.0 Å². The molecule has 0 atom stereocenters. The van der Waals surface area contributed by atoms with Crippen LogP contribution in [0.1, 0.15) is 0 Å². The Bertz CT molecular complexity index is 932. The fraction of sp³-hybridized carbons (Fsp3) is 0.200. The highest BCUT2D eigenvalue weighted by Gasteiger charge is 1.90. The van der Waals surface area contributed by atoms with E-state index < -0.39 is 0 Å². The normalized spacial score (nSPS) is 9.44. The molecule has 0 aliphatic heterocycles. The van der Waals surface area contributed by atoms with Crippen molar-refractivity contribution in [1.29, 1.82) is 0 Å². The number of nitrogens with two attached hydrogens (primary N) is 3. The van der Waals surface area contributed by atoms with E-state index in [1.165, 1.54) is 13.7 Å². The molecular formula is C15H21N9O3. The molecule has 0 spiro atoms. The number of aromatic nitrogens is 6. The summed E-state index contributed by atoms with van der Waals surface area (Å²) in [5.74, 6) is 0.786. The zero-order valence-corrected chi connectivity index (χ0v) is 15.1. The van der Waals surface area contributed by atoms with Gasteiger partial charge in [-0.3, -0.25) is 0 Å². The maximum atomic E-state index is 10.6. The van der Waals surface area contributed by atoms with E-state index in [1.807, 2.05) is 0 Å². The van der Waals surface area contributed by atoms with Crippen molar-refractivity contribution in [3.05, 3.63) is 68.2 Å². The third kappa shape index (κ3) is 7.21. The fourth-order valence-electron chi connectivity index (χ4n) is 1.44. The van der Waals surface area contributed by atoms with Crippen molar-refractivity contribution in [3.8, 4) is 0 Å². The Morgan fingerprint density at radius 1 is 0.593 bits per heavy atom. The first-order valence-corrected chi connectivity index (χ1v) is 7.47. The van der Waals surface area contributed by atoms with Gasteiger partial charge in [0.15, 0.2) is 0 Å². The van der Waals surface area contributed by atoms with Gasteiger partial charge >= 0.3 is 17.1 Å². The SMILES string of the molecule is Cn1ccc(N)nc1=O.Cn1ccc(N)nc1=O.Cn1ccc(N)nc1=O. The Morgan fingerprint density at radius 2 is 0.815 bits per heavy atom. The van der Waals surface area contributed by atoms with Crippen LogP contribution in [0.15, 0.2) is 51.2 Å². The summed E-state index contributed by atoms with van der Waals surface area (Å²) in [7, 11) is 4.86. The Balaban J connectivity index is 0.000000202. The molecule has 12 nitrogen and oxygen atoms in total. The molecule has 0 radical (unpaired) electrons. The van der Waals surface area contributed by atoms with Crippen molar-refractivity contribution >= 4 is 17.5 Å². The highest BCUT2D eigenvalue weighted by Crippen LogP contribution is 1.86. The second-order valence-electron chi connectivity index (χ2n) is 5.24. The number of hydrogen-bond acceptors (Lipinski definition) is 9. The van der Waals surface area contributed by atoms with Crippen LogP contribution in [0.4, 0.5) is 17.5 Å². The topological polar surface area (TPSA) is 183 Å². The van der Waals surface area contributed by atoms with E-state index in [-0.39, 0.29) is 34.5 Å². The molecule has 0 fully saturated rings. The van der Waals surface area contributed by atoms with E-state index in [1.54, 1.807) is 57.9 Å². The van der Waals surface area contributed by atoms with E-state index in [9.17, 15) is 14.4 Å². The number of nitrogens with zero attached hydrogens (tertiary/aromatic N) is 6. The summed E-state index contributed by atoms with van der Waals surface area (Å²) >= 11 is 0. The Kier molecular flexibility index (Phi) is 7.42. The third-order valence-corrected chi connectivity index (χ3v) is 2.99. The highest BCUT2D eigenvalue weighted by atomic mass is 16.2. The average Bonchev–Trinajstić information content (AvgIpc) is 2.60. The number of aryl methyl sites for hydroxylation is 3. The van der Waals surface area contributed by atoms with Crippen LogP contribution in [0.25, 0.3) is 0 Å². The Morgan fingerprint density at radius 3 is 0.963 bits per heavy atom. The minimum absolute atomic E-state index is 0.262. The molecule has 0 saturated heterocycles. The second kappa shape index (κ2) is 9.50. The van der Waals surface area contributed by atoms with E-state index in [0.29, 0.717) is 0 Å². The summed E-state index contributed by atoms with van der Waals surface area (Å²) < 4.78 is 4.07. The van der Waals surface area contributed by atoms with Gasteiger partial charge in [-0.05, 0) is 18.2 Å². The molecule has 0 aliphatic carbocycles. The summed E-state index contributed by atoms with van der Waals surface area (Å²) in [6.45, 7) is 0. The molecule has 0 amide bonds. The van der Waals surface area contributed by atoms with E-state index >= 15 is 0 Å². The molecule has 0 aliphatic rings. The molecule has 3 rings (SSSR count). The first-order chi connectivity index (χ1) is 12.6. The molecule has 3 aromatic heterocycles. The van der Waals surface area contributed by atoms with Gasteiger partial charge in [0, 0.05) is 39.7 Å². The van der Waals surface area contributed by atoms with E-state index in [2.05, 4.69) is 15.0 Å². The lowest BCUT2D eigenvalue weighted by atomic mass is 10.6. The molecule has 6 N–H and O–H groups in total. The van der Waals surface area contributed by atoms with Gasteiger partial charge < -0.3 is 30.9 Å². The van der Waals surface area contributed by atoms with E-state index in [0.717, 1.165) is 0 Å². The zero-order valence-electron chi connectivity index (χ0n) is 15.1. The molecule has 27 heavy (non-hydrogen) atoms. The van der Waals surface area contributed by atoms with Crippen LogP contribution in [0, 0.1) is 0 Å². The van der Waals surface area contributed by atoms with Gasteiger partial charge in [0.25, 0.3) is 0 Å². The molecule has 0 bridgehead atoms. The van der Waals surface area contributed by atoms with Crippen molar-refractivity contribution < 1.29 is 0 Å². The molecule has 3 heterocycles. The van der Waals surface area contributed by atoms with E-state index in [4.69, 9.17) is 17.2 Å². The van der Waals surface area contributed by atoms with Crippen LogP contribution in [-0.2, 0) is 21.1 Å². The Labute approximate surface area is 153 Å². The molecule has 0 unspecified atom stereocenters. The highest BCUT2D eigenvalue weighted by molar-refractivity contribution is 5.24. The van der Waals surface area contributed by atoms with Crippen molar-refractivity contribution in [2.75, 3.05) is 17.2 Å². The van der Waals surface area contributed by atoms with Crippen LogP contribution in [0.3, 0.4) is 0 Å². The summed E-state index contributed by atoms with van der Waals surface area (Å²) in [6.07, 6.45) is 4.72. The first-order valence-electron chi connectivity index (χ1n) is 7.47. The monoisotopic (exact) mass is 375 g/mol. The van der Waals surface area contributed by atoms with Crippen molar-refractivity contribution in [2.45, 2.75) is 0 Å². The lowest BCUT2D eigenvalue weighted by molar-refractivity contribution is 0.814. The number of hydrogen-bond donors (Lipinski definition) is 3.